The molecular formula is C12H14FN5. The molecule has 0 bridgehead atoms. The highest BCUT2D eigenvalue weighted by molar-refractivity contribution is 5.48. The zero-order valence-corrected chi connectivity index (χ0v) is 9.73. The van der Waals surface area contributed by atoms with E-state index >= 15 is 0 Å². The van der Waals surface area contributed by atoms with Crippen molar-refractivity contribution in [3.63, 3.8) is 0 Å². The van der Waals surface area contributed by atoms with Gasteiger partial charge in [-0.3, -0.25) is 0 Å². The third-order valence-corrected chi connectivity index (χ3v) is 2.40. The first-order chi connectivity index (χ1) is 8.63. The van der Waals surface area contributed by atoms with Crippen molar-refractivity contribution >= 4 is 17.6 Å². The molecule has 0 aliphatic carbocycles. The molecule has 0 saturated carbocycles. The summed E-state index contributed by atoms with van der Waals surface area (Å²) in [6.07, 6.45) is 0.754. The lowest BCUT2D eigenvalue weighted by Gasteiger charge is -2.06. The molecule has 0 radical (unpaired) electrons. The fraction of sp³-hybridized carbons (Fsp3) is 0.167. The van der Waals surface area contributed by atoms with Gasteiger partial charge in [0.25, 0.3) is 0 Å². The Labute approximate surface area is 104 Å². The second-order valence-electron chi connectivity index (χ2n) is 3.84. The molecule has 0 aliphatic rings. The maximum absolute atomic E-state index is 12.7. The molecule has 0 amide bonds. The topological polar surface area (TPSA) is 89.8 Å². The lowest BCUT2D eigenvalue weighted by Crippen LogP contribution is -2.09. The van der Waals surface area contributed by atoms with Crippen molar-refractivity contribution in [2.24, 2.45) is 0 Å². The fourth-order valence-corrected chi connectivity index (χ4v) is 1.56. The van der Waals surface area contributed by atoms with Crippen LogP contribution < -0.4 is 16.8 Å². The quantitative estimate of drug-likeness (QED) is 0.760. The number of aromatic nitrogens is 2. The summed E-state index contributed by atoms with van der Waals surface area (Å²) in [4.78, 5) is 7.77. The van der Waals surface area contributed by atoms with E-state index < -0.39 is 0 Å². The first kappa shape index (κ1) is 12.1. The van der Waals surface area contributed by atoms with Gasteiger partial charge in [-0.25, -0.2) is 4.39 Å². The SMILES string of the molecule is Nc1cc(NCCc2ccc(F)cc2)nc(N)n1. The summed E-state index contributed by atoms with van der Waals surface area (Å²) in [5.41, 5.74) is 12.1. The molecule has 0 atom stereocenters. The van der Waals surface area contributed by atoms with Gasteiger partial charge in [0, 0.05) is 12.6 Å². The van der Waals surface area contributed by atoms with Gasteiger partial charge in [-0.2, -0.15) is 9.97 Å². The molecule has 5 nitrogen and oxygen atoms in total. The van der Waals surface area contributed by atoms with Crippen LogP contribution in [0.2, 0.25) is 0 Å². The Kier molecular flexibility index (Phi) is 3.57. The Bertz CT molecular complexity index is 506. The number of anilines is 3. The highest BCUT2D eigenvalue weighted by Crippen LogP contribution is 2.09. The van der Waals surface area contributed by atoms with E-state index in [-0.39, 0.29) is 11.8 Å². The summed E-state index contributed by atoms with van der Waals surface area (Å²) in [6.45, 7) is 0.654. The van der Waals surface area contributed by atoms with E-state index in [9.17, 15) is 4.39 Å². The third-order valence-electron chi connectivity index (χ3n) is 2.40. The average Bonchev–Trinajstić information content (AvgIpc) is 2.30. The predicted molar refractivity (Wildman–Crippen MR) is 69.5 cm³/mol. The number of nitrogen functional groups attached to an aromatic ring is 2. The van der Waals surface area contributed by atoms with E-state index in [0.29, 0.717) is 18.2 Å². The predicted octanol–water partition coefficient (Wildman–Crippen LogP) is 1.43. The summed E-state index contributed by atoms with van der Waals surface area (Å²) < 4.78 is 12.7. The zero-order valence-electron chi connectivity index (χ0n) is 9.73. The molecule has 0 saturated heterocycles. The van der Waals surface area contributed by atoms with E-state index in [1.165, 1.54) is 12.1 Å². The second-order valence-corrected chi connectivity index (χ2v) is 3.84. The molecule has 1 heterocycles. The molecule has 5 N–H and O–H groups in total. The van der Waals surface area contributed by atoms with E-state index in [2.05, 4.69) is 15.3 Å². The van der Waals surface area contributed by atoms with Gasteiger partial charge < -0.3 is 16.8 Å². The van der Waals surface area contributed by atoms with Gasteiger partial charge in [0.2, 0.25) is 5.95 Å². The minimum absolute atomic E-state index is 0.138. The van der Waals surface area contributed by atoms with Crippen molar-refractivity contribution < 1.29 is 4.39 Å². The van der Waals surface area contributed by atoms with Gasteiger partial charge in [0.05, 0.1) is 0 Å². The molecule has 2 aromatic rings. The molecule has 1 aromatic carbocycles. The van der Waals surface area contributed by atoms with Crippen LogP contribution in [0.5, 0.6) is 0 Å². The van der Waals surface area contributed by atoms with E-state index in [1.54, 1.807) is 18.2 Å². The number of nitrogens with zero attached hydrogens (tertiary/aromatic N) is 2. The normalized spacial score (nSPS) is 10.3. The number of nitrogens with two attached hydrogens (primary N) is 2. The van der Waals surface area contributed by atoms with Crippen LogP contribution in [0.1, 0.15) is 5.56 Å². The number of nitrogens with one attached hydrogen (secondary N) is 1. The monoisotopic (exact) mass is 247 g/mol. The molecule has 0 unspecified atom stereocenters. The Balaban J connectivity index is 1.90. The van der Waals surface area contributed by atoms with Crippen molar-refractivity contribution in [2.45, 2.75) is 6.42 Å². The fourth-order valence-electron chi connectivity index (χ4n) is 1.56. The van der Waals surface area contributed by atoms with Crippen LogP contribution in [-0.2, 0) is 6.42 Å². The Morgan fingerprint density at radius 2 is 1.83 bits per heavy atom. The minimum atomic E-state index is -0.233. The summed E-state index contributed by atoms with van der Waals surface area (Å²) in [5.74, 6) is 0.816. The number of rotatable bonds is 4. The highest BCUT2D eigenvalue weighted by Gasteiger charge is 1.99. The Morgan fingerprint density at radius 3 is 2.50 bits per heavy atom. The smallest absolute Gasteiger partial charge is 0.223 e. The molecular weight excluding hydrogens is 233 g/mol. The molecule has 0 fully saturated rings. The van der Waals surface area contributed by atoms with Gasteiger partial charge in [-0.15, -0.1) is 0 Å². The maximum atomic E-state index is 12.7. The van der Waals surface area contributed by atoms with E-state index in [1.807, 2.05) is 0 Å². The second kappa shape index (κ2) is 5.31. The molecule has 18 heavy (non-hydrogen) atoms. The molecule has 2 rings (SSSR count). The van der Waals surface area contributed by atoms with Gasteiger partial charge in [-0.1, -0.05) is 12.1 Å². The lowest BCUT2D eigenvalue weighted by molar-refractivity contribution is 0.627. The first-order valence-electron chi connectivity index (χ1n) is 5.52. The number of benzene rings is 1. The van der Waals surface area contributed by atoms with Crippen molar-refractivity contribution in [1.82, 2.24) is 9.97 Å². The standard InChI is InChI=1S/C12H14FN5/c13-9-3-1-8(2-4-9)5-6-16-11-7-10(14)17-12(15)18-11/h1-4,7H,5-6H2,(H5,14,15,16,17,18). The molecule has 94 valence electrons. The van der Waals surface area contributed by atoms with Gasteiger partial charge in [0.1, 0.15) is 17.5 Å². The van der Waals surface area contributed by atoms with Crippen molar-refractivity contribution in [1.29, 1.82) is 0 Å². The van der Waals surface area contributed by atoms with Gasteiger partial charge >= 0.3 is 0 Å². The first-order valence-corrected chi connectivity index (χ1v) is 5.52. The number of halogens is 1. The van der Waals surface area contributed by atoms with Crippen LogP contribution in [0.15, 0.2) is 30.3 Å². The number of hydrogen-bond acceptors (Lipinski definition) is 5. The lowest BCUT2D eigenvalue weighted by atomic mass is 10.1. The maximum Gasteiger partial charge on any atom is 0.223 e. The molecule has 1 aromatic heterocycles. The van der Waals surface area contributed by atoms with Crippen LogP contribution in [0.4, 0.5) is 22.0 Å². The zero-order chi connectivity index (χ0) is 13.0. The van der Waals surface area contributed by atoms with Crippen LogP contribution in [0.25, 0.3) is 0 Å². The van der Waals surface area contributed by atoms with Gasteiger partial charge in [-0.05, 0) is 24.1 Å². The van der Waals surface area contributed by atoms with Crippen molar-refractivity contribution in [3.05, 3.63) is 41.7 Å². The highest BCUT2D eigenvalue weighted by atomic mass is 19.1. The Morgan fingerprint density at radius 1 is 1.11 bits per heavy atom. The van der Waals surface area contributed by atoms with Crippen molar-refractivity contribution in [2.75, 3.05) is 23.3 Å². The average molecular weight is 247 g/mol. The summed E-state index contributed by atoms with van der Waals surface area (Å²) in [7, 11) is 0. The van der Waals surface area contributed by atoms with Crippen LogP contribution in [-0.4, -0.2) is 16.5 Å². The summed E-state index contributed by atoms with van der Waals surface area (Å²) in [5, 5.41) is 3.08. The Hall–Kier alpha value is -2.37. The van der Waals surface area contributed by atoms with Gasteiger partial charge in [0.15, 0.2) is 0 Å². The summed E-state index contributed by atoms with van der Waals surface area (Å²) in [6, 6.07) is 7.99. The van der Waals surface area contributed by atoms with E-state index in [4.69, 9.17) is 11.5 Å². The molecule has 6 heteroatoms. The molecule has 0 aliphatic heterocycles. The van der Waals surface area contributed by atoms with Crippen molar-refractivity contribution in [3.8, 4) is 0 Å². The minimum Gasteiger partial charge on any atom is -0.383 e. The molecule has 0 spiro atoms. The van der Waals surface area contributed by atoms with Crippen LogP contribution in [0, 0.1) is 5.82 Å². The number of hydrogen-bond donors (Lipinski definition) is 3. The summed E-state index contributed by atoms with van der Waals surface area (Å²) >= 11 is 0. The van der Waals surface area contributed by atoms with E-state index in [0.717, 1.165) is 12.0 Å². The largest absolute Gasteiger partial charge is 0.383 e. The van der Waals surface area contributed by atoms with Crippen LogP contribution >= 0.6 is 0 Å². The third kappa shape index (κ3) is 3.31. The van der Waals surface area contributed by atoms with Crippen LogP contribution in [0.3, 0.4) is 0 Å².